The van der Waals surface area contributed by atoms with Crippen LogP contribution in [0, 0.1) is 46.1 Å². The van der Waals surface area contributed by atoms with Crippen molar-refractivity contribution in [3.05, 3.63) is 119 Å². The van der Waals surface area contributed by atoms with Crippen LogP contribution in [0.1, 0.15) is 86.5 Å². The minimum absolute atomic E-state index is 0.101. The van der Waals surface area contributed by atoms with E-state index < -0.39 is 10.8 Å². The topological polar surface area (TPSA) is 117 Å². The van der Waals surface area contributed by atoms with Gasteiger partial charge in [-0.2, -0.15) is 20.7 Å². The summed E-state index contributed by atoms with van der Waals surface area (Å²) in [6.45, 7) is 0. The Labute approximate surface area is 323 Å². The van der Waals surface area contributed by atoms with Gasteiger partial charge in [-0.3, -0.25) is 9.59 Å². The maximum absolute atomic E-state index is 13.3. The van der Waals surface area contributed by atoms with Crippen LogP contribution in [0.25, 0.3) is 33.2 Å². The smallest absolute Gasteiger partial charge is 0.133 e. The first-order valence-electron chi connectivity index (χ1n) is 19.6. The number of Topliss-reactive ketones (excluding diaryl/α,β-unsaturated/α-hetero) is 2. The molecule has 56 heavy (non-hydrogen) atoms. The second-order valence-electron chi connectivity index (χ2n) is 16.0. The number of hydrogen-bond donors (Lipinski definition) is 0. The Balaban J connectivity index is 0.000000146. The second kappa shape index (κ2) is 13.9. The minimum Gasteiger partial charge on any atom is -0.300 e. The van der Waals surface area contributed by atoms with Gasteiger partial charge in [0.2, 0.25) is 0 Å². The van der Waals surface area contributed by atoms with Crippen LogP contribution in [0.3, 0.4) is 0 Å². The van der Waals surface area contributed by atoms with E-state index in [1.165, 1.54) is 35.4 Å². The summed E-state index contributed by atoms with van der Waals surface area (Å²) in [4.78, 5) is 24.1. The molecule has 0 bridgehead atoms. The van der Waals surface area contributed by atoms with Gasteiger partial charge in [-0.25, -0.2) is 18.1 Å². The fourth-order valence-electron chi connectivity index (χ4n) is 10.1. The minimum atomic E-state index is -0.577. The van der Waals surface area contributed by atoms with E-state index >= 15 is 0 Å². The van der Waals surface area contributed by atoms with E-state index in [4.69, 9.17) is 0 Å². The van der Waals surface area contributed by atoms with Gasteiger partial charge in [-0.05, 0) is 158 Å². The number of aromatic nitrogens is 4. The summed E-state index contributed by atoms with van der Waals surface area (Å²) >= 11 is 0. The lowest BCUT2D eigenvalue weighted by Gasteiger charge is -2.38. The molecule has 0 saturated heterocycles. The summed E-state index contributed by atoms with van der Waals surface area (Å²) < 4.78 is 30.2. The van der Waals surface area contributed by atoms with Gasteiger partial charge in [-0.15, -0.1) is 0 Å². The highest BCUT2D eigenvalue weighted by molar-refractivity contribution is 5.86. The molecule has 0 aliphatic heterocycles. The molecule has 4 aromatic carbocycles. The number of nitrogens with zero attached hydrogens (tertiary/aromatic N) is 6. The van der Waals surface area contributed by atoms with Crippen LogP contribution in [-0.2, 0) is 33.3 Å². The third kappa shape index (κ3) is 5.91. The van der Waals surface area contributed by atoms with E-state index in [0.717, 1.165) is 82.8 Å². The largest absolute Gasteiger partial charge is 0.300 e. The van der Waals surface area contributed by atoms with Gasteiger partial charge >= 0.3 is 0 Å². The van der Waals surface area contributed by atoms with Crippen molar-refractivity contribution in [3.63, 3.8) is 0 Å². The molecule has 0 N–H and O–H groups in total. The molecule has 0 unspecified atom stereocenters. The number of ketones is 2. The fourth-order valence-corrected chi connectivity index (χ4v) is 10.1. The summed E-state index contributed by atoms with van der Waals surface area (Å²) in [5.41, 5.74) is 6.89. The molecule has 2 saturated carbocycles. The number of hydrogen-bond acceptors (Lipinski definition) is 6. The van der Waals surface area contributed by atoms with Gasteiger partial charge in [0.25, 0.3) is 0 Å². The van der Waals surface area contributed by atoms with Gasteiger partial charge in [0.15, 0.2) is 0 Å². The van der Waals surface area contributed by atoms with E-state index in [2.05, 4.69) is 46.6 Å². The third-order valence-electron chi connectivity index (χ3n) is 13.0. The molecule has 4 atom stereocenters. The first-order chi connectivity index (χ1) is 27.2. The Morgan fingerprint density at radius 2 is 1.02 bits per heavy atom. The molecular weight excluding hydrogens is 707 g/mol. The van der Waals surface area contributed by atoms with Crippen molar-refractivity contribution in [1.29, 1.82) is 10.5 Å². The number of halogens is 2. The molecule has 2 aromatic heterocycles. The highest BCUT2D eigenvalue weighted by Gasteiger charge is 2.48. The van der Waals surface area contributed by atoms with Crippen molar-refractivity contribution >= 4 is 33.4 Å². The highest BCUT2D eigenvalue weighted by atomic mass is 19.1. The van der Waals surface area contributed by atoms with E-state index in [9.17, 15) is 28.9 Å². The molecule has 10 rings (SSSR count). The zero-order valence-electron chi connectivity index (χ0n) is 31.0. The van der Waals surface area contributed by atoms with E-state index in [-0.39, 0.29) is 35.0 Å². The van der Waals surface area contributed by atoms with Crippen molar-refractivity contribution in [1.82, 2.24) is 19.6 Å². The van der Waals surface area contributed by atoms with Crippen molar-refractivity contribution in [2.24, 2.45) is 11.8 Å². The normalized spacial score (nSPS) is 24.3. The number of nitriles is 2. The number of carbonyl (C=O) groups is 2. The molecular formula is C46H40F2N6O2. The molecule has 4 aliphatic carbocycles. The summed E-state index contributed by atoms with van der Waals surface area (Å²) in [6, 6.07) is 26.3. The summed E-state index contributed by atoms with van der Waals surface area (Å²) in [6.07, 6.45) is 12.4. The third-order valence-corrected chi connectivity index (χ3v) is 13.0. The van der Waals surface area contributed by atoms with Crippen LogP contribution in [-0.4, -0.2) is 31.1 Å². The predicted octanol–water partition coefficient (Wildman–Crippen LogP) is 9.26. The van der Waals surface area contributed by atoms with Crippen LogP contribution in [0.2, 0.25) is 0 Å². The van der Waals surface area contributed by atoms with E-state index in [0.29, 0.717) is 38.5 Å². The lowest BCUT2D eigenvalue weighted by Crippen LogP contribution is -2.39. The van der Waals surface area contributed by atoms with Gasteiger partial charge in [-0.1, -0.05) is 0 Å². The molecule has 280 valence electrons. The molecule has 10 heteroatoms. The Hall–Kier alpha value is -6.00. The van der Waals surface area contributed by atoms with Gasteiger partial charge < -0.3 is 0 Å². The van der Waals surface area contributed by atoms with Crippen molar-refractivity contribution < 1.29 is 18.4 Å². The van der Waals surface area contributed by atoms with Gasteiger partial charge in [0, 0.05) is 36.5 Å². The number of aryl methyl sites for hydroxylation is 2. The van der Waals surface area contributed by atoms with Gasteiger partial charge in [0.1, 0.15) is 23.2 Å². The van der Waals surface area contributed by atoms with Crippen molar-refractivity contribution in [3.8, 4) is 23.5 Å². The average molecular weight is 747 g/mol. The first-order valence-corrected chi connectivity index (χ1v) is 19.6. The first kappa shape index (κ1) is 35.7. The zero-order valence-corrected chi connectivity index (χ0v) is 31.0. The van der Waals surface area contributed by atoms with Crippen LogP contribution in [0.15, 0.2) is 85.2 Å². The van der Waals surface area contributed by atoms with Crippen LogP contribution >= 0.6 is 0 Å². The standard InChI is InChI=1S/2C23H20FN3O/c2*24-18-4-6-19(7-5-18)27-22-11-15-2-1-3-17-12-20(28)8-9-23(17,14-25)21(15)10-16(22)13-26-27/h2*4-7,10-11,13,17H,1-3,8-9,12H2/t2*17-,23+/m10/s1. The fraction of sp³-hybridized carbons (Fsp3) is 0.348. The second-order valence-corrected chi connectivity index (χ2v) is 16.0. The van der Waals surface area contributed by atoms with Crippen LogP contribution in [0.5, 0.6) is 0 Å². The highest BCUT2D eigenvalue weighted by Crippen LogP contribution is 2.50. The Morgan fingerprint density at radius 3 is 1.41 bits per heavy atom. The summed E-state index contributed by atoms with van der Waals surface area (Å²) in [5, 5.41) is 31.4. The SMILES string of the molecule is N#C[C@@]12CCC(=O)C[C@H]1CCCc1cc3c(cnn3-c3ccc(F)cc3)cc12.N#C[C@]12CCC(=O)C[C@@H]1CCCc1cc3c(cnn3-c3ccc(F)cc3)cc12. The molecule has 2 heterocycles. The lowest BCUT2D eigenvalue weighted by molar-refractivity contribution is -0.123. The zero-order chi connectivity index (χ0) is 38.6. The molecule has 8 nitrogen and oxygen atoms in total. The number of rotatable bonds is 2. The molecule has 2 fully saturated rings. The molecule has 4 aliphatic rings. The van der Waals surface area contributed by atoms with Crippen LogP contribution in [0.4, 0.5) is 8.78 Å². The number of carbonyl (C=O) groups excluding carboxylic acids is 2. The predicted molar refractivity (Wildman–Crippen MR) is 207 cm³/mol. The average Bonchev–Trinajstić information content (AvgIpc) is 3.74. The monoisotopic (exact) mass is 746 g/mol. The van der Waals surface area contributed by atoms with Crippen LogP contribution < -0.4 is 0 Å². The Bertz CT molecular complexity index is 2430. The molecule has 0 amide bonds. The molecule has 6 aromatic rings. The number of fused-ring (bicyclic) bond motifs is 8. The maximum Gasteiger partial charge on any atom is 0.133 e. The van der Waals surface area contributed by atoms with Gasteiger partial charge in [0.05, 0.1) is 57.8 Å². The van der Waals surface area contributed by atoms with Crippen molar-refractivity contribution in [2.75, 3.05) is 0 Å². The lowest BCUT2D eigenvalue weighted by atomic mass is 9.62. The quantitative estimate of drug-likeness (QED) is 0.174. The Morgan fingerprint density at radius 1 is 0.607 bits per heavy atom. The number of benzene rings is 4. The Kier molecular flexibility index (Phi) is 8.88. The van der Waals surface area contributed by atoms with E-state index in [1.54, 1.807) is 36.7 Å². The van der Waals surface area contributed by atoms with Crippen molar-refractivity contribution in [2.45, 2.75) is 87.9 Å². The molecule has 0 radical (unpaired) electrons. The van der Waals surface area contributed by atoms with E-state index in [1.807, 2.05) is 9.36 Å². The summed E-state index contributed by atoms with van der Waals surface area (Å²) in [7, 11) is 0. The summed E-state index contributed by atoms with van der Waals surface area (Å²) in [5.74, 6) is 0.217. The molecule has 0 spiro atoms. The maximum atomic E-state index is 13.3.